The van der Waals surface area contributed by atoms with Gasteiger partial charge in [-0.05, 0) is 31.2 Å². The first kappa shape index (κ1) is 15.1. The Morgan fingerprint density at radius 3 is 2.47 bits per heavy atom. The molecule has 0 unspecified atom stereocenters. The Labute approximate surface area is 111 Å². The van der Waals surface area contributed by atoms with Gasteiger partial charge in [0.1, 0.15) is 6.04 Å². The van der Waals surface area contributed by atoms with Crippen LogP contribution in [-0.4, -0.2) is 37.8 Å². The van der Waals surface area contributed by atoms with Crippen molar-refractivity contribution in [1.82, 2.24) is 5.32 Å². The molecule has 6 nitrogen and oxygen atoms in total. The van der Waals surface area contributed by atoms with Crippen LogP contribution in [0.4, 0.5) is 0 Å². The molecule has 19 heavy (non-hydrogen) atoms. The quantitative estimate of drug-likeness (QED) is 0.781. The van der Waals surface area contributed by atoms with Crippen molar-refractivity contribution in [2.24, 2.45) is 0 Å². The Balaban J connectivity index is 2.66. The molecule has 1 aromatic rings. The molecular formula is C12H14N2O4S. The highest BCUT2D eigenvalue weighted by Gasteiger charge is 2.16. The second-order valence-corrected chi connectivity index (χ2v) is 6.08. The van der Waals surface area contributed by atoms with Crippen LogP contribution >= 0.6 is 0 Å². The van der Waals surface area contributed by atoms with E-state index in [4.69, 9.17) is 10.4 Å². The van der Waals surface area contributed by atoms with Crippen LogP contribution in [0.3, 0.4) is 0 Å². The van der Waals surface area contributed by atoms with Crippen molar-refractivity contribution in [1.29, 1.82) is 5.26 Å². The van der Waals surface area contributed by atoms with Gasteiger partial charge in [0.2, 0.25) is 0 Å². The molecule has 0 heterocycles. The van der Waals surface area contributed by atoms with E-state index in [0.29, 0.717) is 5.56 Å². The van der Waals surface area contributed by atoms with Gasteiger partial charge < -0.3 is 10.4 Å². The highest BCUT2D eigenvalue weighted by Crippen LogP contribution is 2.11. The maximum atomic E-state index is 11.9. The zero-order chi connectivity index (χ0) is 14.5. The standard InChI is InChI=1S/C12H14N2O4S/c1-9(12(15)16)14-6-7-19(17,18)11-4-2-10(8-13)3-5-11/h2-5,9,14H,6-7H2,1H3,(H,15,16)/t9-/m1/s1. The van der Waals surface area contributed by atoms with Crippen LogP contribution in [0.5, 0.6) is 0 Å². The number of benzene rings is 1. The van der Waals surface area contributed by atoms with Crippen molar-refractivity contribution in [2.75, 3.05) is 12.3 Å². The maximum absolute atomic E-state index is 11.9. The first-order valence-corrected chi connectivity index (χ1v) is 7.21. The zero-order valence-electron chi connectivity index (χ0n) is 10.3. The Hall–Kier alpha value is -1.91. The predicted octanol–water partition coefficient (Wildman–Crippen LogP) is 0.395. The van der Waals surface area contributed by atoms with E-state index in [0.717, 1.165) is 0 Å². The third-order valence-electron chi connectivity index (χ3n) is 2.53. The molecule has 0 aliphatic rings. The lowest BCUT2D eigenvalue weighted by molar-refractivity contribution is -0.138. The third-order valence-corrected chi connectivity index (χ3v) is 4.27. The number of sulfone groups is 1. The van der Waals surface area contributed by atoms with E-state index in [9.17, 15) is 13.2 Å². The van der Waals surface area contributed by atoms with Crippen molar-refractivity contribution in [3.05, 3.63) is 29.8 Å². The summed E-state index contributed by atoms with van der Waals surface area (Å²) in [6.45, 7) is 1.49. The summed E-state index contributed by atoms with van der Waals surface area (Å²) in [5.41, 5.74) is 0.386. The van der Waals surface area contributed by atoms with Gasteiger partial charge in [0, 0.05) is 6.54 Å². The minimum Gasteiger partial charge on any atom is -0.480 e. The van der Waals surface area contributed by atoms with Gasteiger partial charge in [-0.2, -0.15) is 5.26 Å². The number of aliphatic carboxylic acids is 1. The van der Waals surface area contributed by atoms with Gasteiger partial charge in [-0.25, -0.2) is 8.42 Å². The van der Waals surface area contributed by atoms with Crippen LogP contribution in [0, 0.1) is 11.3 Å². The molecule has 102 valence electrons. The van der Waals surface area contributed by atoms with Crippen LogP contribution in [0.15, 0.2) is 29.2 Å². The smallest absolute Gasteiger partial charge is 0.320 e. The third kappa shape index (κ3) is 4.35. The van der Waals surface area contributed by atoms with Gasteiger partial charge in [-0.1, -0.05) is 0 Å². The molecule has 0 spiro atoms. The predicted molar refractivity (Wildman–Crippen MR) is 68.3 cm³/mol. The average Bonchev–Trinajstić information content (AvgIpc) is 2.38. The average molecular weight is 282 g/mol. The SMILES string of the molecule is C[C@@H](NCCS(=O)(=O)c1ccc(C#N)cc1)C(=O)O. The van der Waals surface area contributed by atoms with E-state index < -0.39 is 21.8 Å². The largest absolute Gasteiger partial charge is 0.480 e. The number of carboxylic acid groups (broad SMARTS) is 1. The molecule has 1 rings (SSSR count). The van der Waals surface area contributed by atoms with Crippen molar-refractivity contribution >= 4 is 15.8 Å². The Morgan fingerprint density at radius 1 is 1.42 bits per heavy atom. The molecule has 1 aromatic carbocycles. The first-order valence-electron chi connectivity index (χ1n) is 5.56. The lowest BCUT2D eigenvalue weighted by atomic mass is 10.2. The van der Waals surface area contributed by atoms with Crippen molar-refractivity contribution in [3.63, 3.8) is 0 Å². The molecule has 0 aliphatic heterocycles. The van der Waals surface area contributed by atoms with E-state index in [1.54, 1.807) is 0 Å². The zero-order valence-corrected chi connectivity index (χ0v) is 11.1. The maximum Gasteiger partial charge on any atom is 0.320 e. The van der Waals surface area contributed by atoms with E-state index in [1.165, 1.54) is 31.2 Å². The number of hydrogen-bond donors (Lipinski definition) is 2. The van der Waals surface area contributed by atoms with Gasteiger partial charge in [0.15, 0.2) is 9.84 Å². The second-order valence-electron chi connectivity index (χ2n) is 3.97. The number of nitrogens with zero attached hydrogens (tertiary/aromatic N) is 1. The Kier molecular flexibility index (Phi) is 5.03. The number of nitriles is 1. The first-order chi connectivity index (χ1) is 8.86. The Bertz CT molecular complexity index is 587. The van der Waals surface area contributed by atoms with Crippen molar-refractivity contribution in [3.8, 4) is 6.07 Å². The molecule has 0 fully saturated rings. The summed E-state index contributed by atoms with van der Waals surface area (Å²) < 4.78 is 23.8. The van der Waals surface area contributed by atoms with Crippen LogP contribution in [0.25, 0.3) is 0 Å². The van der Waals surface area contributed by atoms with E-state index in [1.807, 2.05) is 6.07 Å². The molecule has 0 aliphatic carbocycles. The van der Waals surface area contributed by atoms with Crippen molar-refractivity contribution < 1.29 is 18.3 Å². The molecular weight excluding hydrogens is 268 g/mol. The van der Waals surface area contributed by atoms with Crippen LogP contribution in [0.1, 0.15) is 12.5 Å². The normalized spacial score (nSPS) is 12.6. The summed E-state index contributed by atoms with van der Waals surface area (Å²) in [4.78, 5) is 10.7. The Morgan fingerprint density at radius 2 is 2.00 bits per heavy atom. The lowest BCUT2D eigenvalue weighted by Crippen LogP contribution is -2.36. The van der Waals surface area contributed by atoms with E-state index >= 15 is 0 Å². The molecule has 2 N–H and O–H groups in total. The molecule has 0 saturated heterocycles. The summed E-state index contributed by atoms with van der Waals surface area (Å²) in [7, 11) is -3.47. The number of hydrogen-bond acceptors (Lipinski definition) is 5. The van der Waals surface area contributed by atoms with Gasteiger partial charge in [0.05, 0.1) is 22.3 Å². The number of nitrogens with one attached hydrogen (secondary N) is 1. The summed E-state index contributed by atoms with van der Waals surface area (Å²) in [5, 5.41) is 19.9. The van der Waals surface area contributed by atoms with Gasteiger partial charge in [-0.3, -0.25) is 4.79 Å². The van der Waals surface area contributed by atoms with Crippen molar-refractivity contribution in [2.45, 2.75) is 17.9 Å². The number of carbonyl (C=O) groups is 1. The summed E-state index contributed by atoms with van der Waals surface area (Å²) in [6.07, 6.45) is 0. The number of rotatable bonds is 6. The summed E-state index contributed by atoms with van der Waals surface area (Å²) in [6, 6.07) is 6.71. The number of carboxylic acids is 1. The van der Waals surface area contributed by atoms with Gasteiger partial charge in [0.25, 0.3) is 0 Å². The van der Waals surface area contributed by atoms with Crippen LogP contribution in [0.2, 0.25) is 0 Å². The minimum atomic E-state index is -3.47. The highest BCUT2D eigenvalue weighted by atomic mass is 32.2. The minimum absolute atomic E-state index is 0.0514. The lowest BCUT2D eigenvalue weighted by Gasteiger charge is -2.09. The molecule has 0 radical (unpaired) electrons. The fourth-order valence-corrected chi connectivity index (χ4v) is 2.52. The van der Waals surface area contributed by atoms with E-state index in [-0.39, 0.29) is 17.2 Å². The summed E-state index contributed by atoms with van der Waals surface area (Å²) in [5.74, 6) is -1.23. The van der Waals surface area contributed by atoms with Crippen LogP contribution < -0.4 is 5.32 Å². The molecule has 0 amide bonds. The summed E-state index contributed by atoms with van der Waals surface area (Å²) >= 11 is 0. The van der Waals surface area contributed by atoms with E-state index in [2.05, 4.69) is 5.32 Å². The molecule has 0 bridgehead atoms. The monoisotopic (exact) mass is 282 g/mol. The van der Waals surface area contributed by atoms with Gasteiger partial charge in [-0.15, -0.1) is 0 Å². The second kappa shape index (κ2) is 6.31. The topological polar surface area (TPSA) is 107 Å². The van der Waals surface area contributed by atoms with Gasteiger partial charge >= 0.3 is 5.97 Å². The fourth-order valence-electron chi connectivity index (χ4n) is 1.35. The highest BCUT2D eigenvalue weighted by molar-refractivity contribution is 7.91. The molecule has 7 heteroatoms. The molecule has 1 atom stereocenters. The molecule has 0 saturated carbocycles. The molecule has 0 aromatic heterocycles. The fraction of sp³-hybridized carbons (Fsp3) is 0.333. The van der Waals surface area contributed by atoms with Crippen LogP contribution in [-0.2, 0) is 14.6 Å².